The molecular weight excluding hydrogens is 262 g/mol. The van der Waals surface area contributed by atoms with E-state index in [-0.39, 0.29) is 18.5 Å². The first-order valence-electron chi connectivity index (χ1n) is 6.98. The van der Waals surface area contributed by atoms with E-state index in [9.17, 15) is 4.79 Å². The summed E-state index contributed by atoms with van der Waals surface area (Å²) >= 11 is 0. The zero-order valence-electron chi connectivity index (χ0n) is 11.9. The Morgan fingerprint density at radius 3 is 2.76 bits per heavy atom. The molecule has 0 aliphatic carbocycles. The lowest BCUT2D eigenvalue weighted by molar-refractivity contribution is -0.122. The molecule has 4 nitrogen and oxygen atoms in total. The van der Waals surface area contributed by atoms with Crippen LogP contribution in [0.1, 0.15) is 18.5 Å². The number of aromatic nitrogens is 2. The first-order valence-corrected chi connectivity index (χ1v) is 6.98. The SMILES string of the molecule is C[C@@H](NC(=O)Cn1cccn1)c1ccc2ccccc2c1. The number of benzene rings is 2. The Bertz CT molecular complexity index is 750. The molecule has 0 aliphatic heterocycles. The van der Waals surface area contributed by atoms with Gasteiger partial charge in [-0.25, -0.2) is 0 Å². The fourth-order valence-electron chi connectivity index (χ4n) is 2.39. The van der Waals surface area contributed by atoms with E-state index in [1.807, 2.05) is 19.1 Å². The molecule has 0 spiro atoms. The van der Waals surface area contributed by atoms with Crippen LogP contribution in [0.25, 0.3) is 10.8 Å². The van der Waals surface area contributed by atoms with Crippen molar-refractivity contribution in [1.29, 1.82) is 0 Å². The molecule has 1 heterocycles. The summed E-state index contributed by atoms with van der Waals surface area (Å²) in [5.74, 6) is -0.0423. The number of rotatable bonds is 4. The molecule has 2 aromatic carbocycles. The Morgan fingerprint density at radius 2 is 2.00 bits per heavy atom. The molecule has 1 aromatic heterocycles. The maximum Gasteiger partial charge on any atom is 0.242 e. The summed E-state index contributed by atoms with van der Waals surface area (Å²) in [6.07, 6.45) is 3.44. The van der Waals surface area contributed by atoms with Gasteiger partial charge < -0.3 is 5.32 Å². The molecule has 106 valence electrons. The minimum absolute atomic E-state index is 0.0299. The minimum atomic E-state index is -0.0423. The standard InChI is InChI=1S/C17H17N3O/c1-13(19-17(21)12-20-10-4-9-18-20)15-8-7-14-5-2-3-6-16(14)11-15/h2-11,13H,12H2,1H3,(H,19,21)/t13-/m1/s1. The van der Waals surface area contributed by atoms with E-state index in [1.165, 1.54) is 10.8 Å². The van der Waals surface area contributed by atoms with Crippen LogP contribution in [0.15, 0.2) is 60.9 Å². The molecule has 3 aromatic rings. The topological polar surface area (TPSA) is 46.9 Å². The van der Waals surface area contributed by atoms with Gasteiger partial charge in [-0.15, -0.1) is 0 Å². The first-order chi connectivity index (χ1) is 10.2. The molecule has 0 fully saturated rings. The highest BCUT2D eigenvalue weighted by Gasteiger charge is 2.10. The van der Waals surface area contributed by atoms with Gasteiger partial charge in [-0.3, -0.25) is 9.48 Å². The van der Waals surface area contributed by atoms with Crippen molar-refractivity contribution >= 4 is 16.7 Å². The van der Waals surface area contributed by atoms with Crippen molar-refractivity contribution in [1.82, 2.24) is 15.1 Å². The van der Waals surface area contributed by atoms with Crippen LogP contribution in [-0.2, 0) is 11.3 Å². The smallest absolute Gasteiger partial charge is 0.242 e. The molecule has 4 heteroatoms. The quantitative estimate of drug-likeness (QED) is 0.798. The van der Waals surface area contributed by atoms with Gasteiger partial charge in [0.25, 0.3) is 0 Å². The zero-order valence-corrected chi connectivity index (χ0v) is 11.9. The molecule has 0 saturated heterocycles. The second kappa shape index (κ2) is 5.79. The Hall–Kier alpha value is -2.62. The van der Waals surface area contributed by atoms with Gasteiger partial charge in [0.05, 0.1) is 6.04 Å². The predicted molar refractivity (Wildman–Crippen MR) is 82.7 cm³/mol. The number of fused-ring (bicyclic) bond motifs is 1. The zero-order chi connectivity index (χ0) is 14.7. The monoisotopic (exact) mass is 279 g/mol. The lowest BCUT2D eigenvalue weighted by Gasteiger charge is -2.15. The van der Waals surface area contributed by atoms with Crippen LogP contribution in [0.5, 0.6) is 0 Å². The molecule has 21 heavy (non-hydrogen) atoms. The molecule has 0 aliphatic rings. The number of carbonyl (C=O) groups excluding carboxylic acids is 1. The van der Waals surface area contributed by atoms with Gasteiger partial charge in [-0.05, 0) is 35.4 Å². The second-order valence-corrected chi connectivity index (χ2v) is 5.10. The second-order valence-electron chi connectivity index (χ2n) is 5.10. The molecule has 0 radical (unpaired) electrons. The van der Waals surface area contributed by atoms with E-state index < -0.39 is 0 Å². The third kappa shape index (κ3) is 3.11. The summed E-state index contributed by atoms with van der Waals surface area (Å²) in [6, 6.07) is 16.2. The maximum atomic E-state index is 12.0. The van der Waals surface area contributed by atoms with E-state index in [0.29, 0.717) is 0 Å². The van der Waals surface area contributed by atoms with Crippen LogP contribution >= 0.6 is 0 Å². The van der Waals surface area contributed by atoms with Crippen molar-refractivity contribution in [3.63, 3.8) is 0 Å². The van der Waals surface area contributed by atoms with Crippen LogP contribution < -0.4 is 5.32 Å². The van der Waals surface area contributed by atoms with Crippen molar-refractivity contribution < 1.29 is 4.79 Å². The highest BCUT2D eigenvalue weighted by Crippen LogP contribution is 2.20. The normalized spacial score (nSPS) is 12.2. The lowest BCUT2D eigenvalue weighted by atomic mass is 10.0. The summed E-state index contributed by atoms with van der Waals surface area (Å²) in [5.41, 5.74) is 1.10. The van der Waals surface area contributed by atoms with Gasteiger partial charge in [0.1, 0.15) is 6.54 Å². The lowest BCUT2D eigenvalue weighted by Crippen LogP contribution is -2.30. The van der Waals surface area contributed by atoms with Crippen molar-refractivity contribution in [3.8, 4) is 0 Å². The van der Waals surface area contributed by atoms with Gasteiger partial charge in [0.2, 0.25) is 5.91 Å². The van der Waals surface area contributed by atoms with Crippen molar-refractivity contribution in [2.75, 3.05) is 0 Å². The average Bonchev–Trinajstić information content (AvgIpc) is 2.99. The largest absolute Gasteiger partial charge is 0.348 e. The number of nitrogens with zero attached hydrogens (tertiary/aromatic N) is 2. The third-order valence-electron chi connectivity index (χ3n) is 3.52. The van der Waals surface area contributed by atoms with Crippen molar-refractivity contribution in [2.45, 2.75) is 19.5 Å². The molecule has 1 N–H and O–H groups in total. The molecule has 0 unspecified atom stereocenters. The molecule has 0 saturated carbocycles. The van der Waals surface area contributed by atoms with Crippen LogP contribution in [0.2, 0.25) is 0 Å². The van der Waals surface area contributed by atoms with E-state index in [1.54, 1.807) is 23.1 Å². The summed E-state index contributed by atoms with van der Waals surface area (Å²) in [7, 11) is 0. The molecule has 1 amide bonds. The minimum Gasteiger partial charge on any atom is -0.348 e. The molecular formula is C17H17N3O. The Morgan fingerprint density at radius 1 is 1.19 bits per heavy atom. The van der Waals surface area contributed by atoms with E-state index in [4.69, 9.17) is 0 Å². The van der Waals surface area contributed by atoms with E-state index >= 15 is 0 Å². The van der Waals surface area contributed by atoms with Crippen molar-refractivity contribution in [3.05, 3.63) is 66.5 Å². The Labute approximate surface area is 123 Å². The Balaban J connectivity index is 1.71. The molecule has 1 atom stereocenters. The third-order valence-corrected chi connectivity index (χ3v) is 3.52. The summed E-state index contributed by atoms with van der Waals surface area (Å²) in [6.45, 7) is 2.23. The number of amides is 1. The highest BCUT2D eigenvalue weighted by molar-refractivity contribution is 5.83. The van der Waals surface area contributed by atoms with Gasteiger partial charge >= 0.3 is 0 Å². The molecule has 0 bridgehead atoms. The number of nitrogens with one attached hydrogen (secondary N) is 1. The fourth-order valence-corrected chi connectivity index (χ4v) is 2.39. The Kier molecular flexibility index (Phi) is 3.69. The van der Waals surface area contributed by atoms with Crippen LogP contribution in [-0.4, -0.2) is 15.7 Å². The van der Waals surface area contributed by atoms with Crippen LogP contribution in [0.4, 0.5) is 0 Å². The summed E-state index contributed by atoms with van der Waals surface area (Å²) < 4.78 is 1.61. The van der Waals surface area contributed by atoms with Crippen LogP contribution in [0, 0.1) is 0 Å². The summed E-state index contributed by atoms with van der Waals surface area (Å²) in [4.78, 5) is 12.0. The average molecular weight is 279 g/mol. The van der Waals surface area contributed by atoms with Crippen molar-refractivity contribution in [2.24, 2.45) is 0 Å². The van der Waals surface area contributed by atoms with Gasteiger partial charge in [-0.1, -0.05) is 36.4 Å². The number of carbonyl (C=O) groups is 1. The fraction of sp³-hybridized carbons (Fsp3) is 0.176. The van der Waals surface area contributed by atoms with Gasteiger partial charge in [0.15, 0.2) is 0 Å². The van der Waals surface area contributed by atoms with Gasteiger partial charge in [0, 0.05) is 12.4 Å². The highest BCUT2D eigenvalue weighted by atomic mass is 16.2. The van der Waals surface area contributed by atoms with E-state index in [2.05, 4.69) is 40.7 Å². The number of hydrogen-bond acceptors (Lipinski definition) is 2. The molecule has 3 rings (SSSR count). The maximum absolute atomic E-state index is 12.0. The van der Waals surface area contributed by atoms with Gasteiger partial charge in [-0.2, -0.15) is 5.10 Å². The first kappa shape index (κ1) is 13.4. The van der Waals surface area contributed by atoms with E-state index in [0.717, 1.165) is 5.56 Å². The summed E-state index contributed by atoms with van der Waals surface area (Å²) in [5, 5.41) is 9.42. The number of hydrogen-bond donors (Lipinski definition) is 1. The predicted octanol–water partition coefficient (Wildman–Crippen LogP) is 2.91. The van der Waals surface area contributed by atoms with Crippen LogP contribution in [0.3, 0.4) is 0 Å².